The van der Waals surface area contributed by atoms with Crippen LogP contribution in [0.15, 0.2) is 23.1 Å². The number of primary sulfonamides is 1. The fraction of sp³-hybridized carbons (Fsp3) is 0.462. The quantitative estimate of drug-likeness (QED) is 0.823. The van der Waals surface area contributed by atoms with Gasteiger partial charge in [0.15, 0.2) is 0 Å². The molecule has 1 atom stereocenters. The van der Waals surface area contributed by atoms with E-state index in [0.29, 0.717) is 19.5 Å². The number of carbonyl (C=O) groups excluding carboxylic acids is 1. The molecule has 1 unspecified atom stereocenters. The highest BCUT2D eigenvalue weighted by molar-refractivity contribution is 7.89. The van der Waals surface area contributed by atoms with E-state index >= 15 is 0 Å². The Labute approximate surface area is 135 Å². The van der Waals surface area contributed by atoms with E-state index in [1.165, 1.54) is 4.90 Å². The van der Waals surface area contributed by atoms with Crippen molar-refractivity contribution in [3.63, 3.8) is 0 Å². The van der Waals surface area contributed by atoms with Crippen molar-refractivity contribution in [2.24, 2.45) is 10.9 Å². The molecular formula is C13H19ClFN3O3S. The van der Waals surface area contributed by atoms with E-state index in [-0.39, 0.29) is 28.9 Å². The Bertz CT molecular complexity index is 654. The molecule has 124 valence electrons. The maximum Gasteiger partial charge on any atom is 0.256 e. The molecule has 6 nitrogen and oxygen atoms in total. The summed E-state index contributed by atoms with van der Waals surface area (Å²) in [5.74, 6) is -1.30. The van der Waals surface area contributed by atoms with Crippen molar-refractivity contribution in [1.82, 2.24) is 4.90 Å². The first-order chi connectivity index (χ1) is 9.79. The number of likely N-dealkylation sites (tertiary alicyclic amines) is 1. The zero-order chi connectivity index (χ0) is 15.6. The number of amides is 1. The smallest absolute Gasteiger partial charge is 0.256 e. The molecule has 22 heavy (non-hydrogen) atoms. The number of carbonyl (C=O) groups is 1. The molecule has 0 aliphatic carbocycles. The fourth-order valence-electron chi connectivity index (χ4n) is 2.34. The molecule has 1 aliphatic heterocycles. The van der Waals surface area contributed by atoms with Crippen LogP contribution in [0.4, 0.5) is 4.39 Å². The summed E-state index contributed by atoms with van der Waals surface area (Å²) in [6, 6.07) is 3.00. The van der Waals surface area contributed by atoms with Crippen LogP contribution < -0.4 is 10.9 Å². The van der Waals surface area contributed by atoms with Gasteiger partial charge in [0.1, 0.15) is 5.82 Å². The van der Waals surface area contributed by atoms with Gasteiger partial charge >= 0.3 is 0 Å². The number of nitrogens with two attached hydrogens (primary N) is 2. The zero-order valence-electron chi connectivity index (χ0n) is 11.9. The first kappa shape index (κ1) is 18.8. The van der Waals surface area contributed by atoms with E-state index in [1.54, 1.807) is 0 Å². The Hall–Kier alpha value is -1.22. The molecule has 1 heterocycles. The third-order valence-electron chi connectivity index (χ3n) is 3.56. The molecule has 1 aromatic carbocycles. The molecule has 0 aromatic heterocycles. The summed E-state index contributed by atoms with van der Waals surface area (Å²) in [7, 11) is -3.98. The van der Waals surface area contributed by atoms with Crippen molar-refractivity contribution in [1.29, 1.82) is 0 Å². The molecular weight excluding hydrogens is 333 g/mol. The standard InChI is InChI=1S/C13H18FN3O3S.ClH/c14-12-4-3-10(21(16,19)20)8-11(12)13(18)17-6-1-2-9(15)5-7-17;/h3-4,8-9H,1-2,5-7,15H2,(H2,16,19,20);1H. The molecule has 0 spiro atoms. The van der Waals surface area contributed by atoms with E-state index in [0.717, 1.165) is 31.0 Å². The average Bonchev–Trinajstić information content (AvgIpc) is 2.62. The summed E-state index contributed by atoms with van der Waals surface area (Å²) in [6.45, 7) is 0.907. The van der Waals surface area contributed by atoms with Crippen LogP contribution in [0, 0.1) is 5.82 Å². The molecule has 2 rings (SSSR count). The van der Waals surface area contributed by atoms with Crippen molar-refractivity contribution in [3.05, 3.63) is 29.6 Å². The Morgan fingerprint density at radius 2 is 1.95 bits per heavy atom. The number of hydrogen-bond donors (Lipinski definition) is 2. The normalized spacial score (nSPS) is 19.2. The lowest BCUT2D eigenvalue weighted by molar-refractivity contribution is 0.0756. The second-order valence-electron chi connectivity index (χ2n) is 5.17. The van der Waals surface area contributed by atoms with Gasteiger partial charge in [-0.25, -0.2) is 17.9 Å². The predicted octanol–water partition coefficient (Wildman–Crippen LogP) is 0.848. The van der Waals surface area contributed by atoms with Crippen LogP contribution in [-0.2, 0) is 10.0 Å². The minimum Gasteiger partial charge on any atom is -0.338 e. The van der Waals surface area contributed by atoms with Crippen molar-refractivity contribution >= 4 is 28.3 Å². The molecule has 1 aliphatic rings. The van der Waals surface area contributed by atoms with Crippen LogP contribution in [-0.4, -0.2) is 38.4 Å². The van der Waals surface area contributed by atoms with Crippen LogP contribution in [0.3, 0.4) is 0 Å². The Morgan fingerprint density at radius 1 is 1.27 bits per heavy atom. The maximum atomic E-state index is 13.8. The first-order valence-electron chi connectivity index (χ1n) is 6.66. The van der Waals surface area contributed by atoms with Gasteiger partial charge in [0.2, 0.25) is 10.0 Å². The number of hydrogen-bond acceptors (Lipinski definition) is 4. The van der Waals surface area contributed by atoms with Gasteiger partial charge < -0.3 is 10.6 Å². The van der Waals surface area contributed by atoms with Crippen LogP contribution in [0.1, 0.15) is 29.6 Å². The van der Waals surface area contributed by atoms with Crippen molar-refractivity contribution in [2.45, 2.75) is 30.2 Å². The molecule has 9 heteroatoms. The number of rotatable bonds is 2. The van der Waals surface area contributed by atoms with E-state index in [4.69, 9.17) is 10.9 Å². The number of halogens is 2. The number of nitrogens with zero attached hydrogens (tertiary/aromatic N) is 1. The number of benzene rings is 1. The van der Waals surface area contributed by atoms with Gasteiger partial charge in [0.05, 0.1) is 10.5 Å². The van der Waals surface area contributed by atoms with Gasteiger partial charge in [-0.1, -0.05) is 0 Å². The van der Waals surface area contributed by atoms with E-state index < -0.39 is 21.7 Å². The Kier molecular flexibility index (Phi) is 6.30. The Morgan fingerprint density at radius 3 is 2.59 bits per heavy atom. The minimum atomic E-state index is -3.98. The molecule has 0 radical (unpaired) electrons. The summed E-state index contributed by atoms with van der Waals surface area (Å²) in [4.78, 5) is 13.6. The highest BCUT2D eigenvalue weighted by Crippen LogP contribution is 2.18. The second kappa shape index (κ2) is 7.36. The van der Waals surface area contributed by atoms with Crippen molar-refractivity contribution in [3.8, 4) is 0 Å². The van der Waals surface area contributed by atoms with Crippen molar-refractivity contribution in [2.75, 3.05) is 13.1 Å². The third kappa shape index (κ3) is 4.39. The molecule has 1 fully saturated rings. The van der Waals surface area contributed by atoms with Crippen LogP contribution in [0.2, 0.25) is 0 Å². The summed E-state index contributed by atoms with van der Waals surface area (Å²) in [5, 5.41) is 5.01. The topological polar surface area (TPSA) is 106 Å². The van der Waals surface area contributed by atoms with E-state index in [9.17, 15) is 17.6 Å². The maximum absolute atomic E-state index is 13.8. The lowest BCUT2D eigenvalue weighted by atomic mass is 10.1. The third-order valence-corrected chi connectivity index (χ3v) is 4.47. The van der Waals surface area contributed by atoms with Gasteiger partial charge in [-0.2, -0.15) is 0 Å². The summed E-state index contributed by atoms with van der Waals surface area (Å²) < 4.78 is 36.4. The largest absolute Gasteiger partial charge is 0.338 e. The molecule has 1 saturated heterocycles. The molecule has 0 bridgehead atoms. The lowest BCUT2D eigenvalue weighted by Crippen LogP contribution is -2.33. The summed E-state index contributed by atoms with van der Waals surface area (Å²) in [5.41, 5.74) is 5.56. The van der Waals surface area contributed by atoms with Gasteiger partial charge in [-0.05, 0) is 37.5 Å². The van der Waals surface area contributed by atoms with Gasteiger partial charge in [0, 0.05) is 19.1 Å². The van der Waals surface area contributed by atoms with Crippen molar-refractivity contribution < 1.29 is 17.6 Å². The van der Waals surface area contributed by atoms with Crippen LogP contribution in [0.5, 0.6) is 0 Å². The number of sulfonamides is 1. The van der Waals surface area contributed by atoms with Crippen LogP contribution >= 0.6 is 12.4 Å². The Balaban J connectivity index is 0.00000242. The van der Waals surface area contributed by atoms with Gasteiger partial charge in [0.25, 0.3) is 5.91 Å². The molecule has 4 N–H and O–H groups in total. The monoisotopic (exact) mass is 351 g/mol. The van der Waals surface area contributed by atoms with Crippen LogP contribution in [0.25, 0.3) is 0 Å². The SMILES string of the molecule is Cl.NC1CCCN(C(=O)c2cc(S(N)(=O)=O)ccc2F)CC1. The molecule has 0 saturated carbocycles. The predicted molar refractivity (Wildman–Crippen MR) is 82.8 cm³/mol. The summed E-state index contributed by atoms with van der Waals surface area (Å²) in [6.07, 6.45) is 2.19. The fourth-order valence-corrected chi connectivity index (χ4v) is 2.88. The zero-order valence-corrected chi connectivity index (χ0v) is 13.5. The average molecular weight is 352 g/mol. The highest BCUT2D eigenvalue weighted by atomic mass is 35.5. The summed E-state index contributed by atoms with van der Waals surface area (Å²) >= 11 is 0. The molecule has 1 amide bonds. The van der Waals surface area contributed by atoms with Gasteiger partial charge in [-0.15, -0.1) is 12.4 Å². The van der Waals surface area contributed by atoms with E-state index in [2.05, 4.69) is 0 Å². The first-order valence-corrected chi connectivity index (χ1v) is 8.21. The van der Waals surface area contributed by atoms with Gasteiger partial charge in [-0.3, -0.25) is 4.79 Å². The lowest BCUT2D eigenvalue weighted by Gasteiger charge is -2.21. The second-order valence-corrected chi connectivity index (χ2v) is 6.73. The minimum absolute atomic E-state index is 0. The van der Waals surface area contributed by atoms with E-state index in [1.807, 2.05) is 0 Å². The molecule has 1 aromatic rings. The highest BCUT2D eigenvalue weighted by Gasteiger charge is 2.23.